The van der Waals surface area contributed by atoms with Crippen molar-refractivity contribution in [2.45, 2.75) is 59.6 Å². The number of anilines is 1. The van der Waals surface area contributed by atoms with Gasteiger partial charge >= 0.3 is 6.09 Å². The van der Waals surface area contributed by atoms with Gasteiger partial charge in [0.25, 0.3) is 0 Å². The van der Waals surface area contributed by atoms with Crippen LogP contribution in [-0.4, -0.2) is 11.7 Å². The molecule has 0 aliphatic heterocycles. The number of ether oxygens (including phenoxy) is 1. The summed E-state index contributed by atoms with van der Waals surface area (Å²) in [5, 5.41) is 2.77. The van der Waals surface area contributed by atoms with Crippen LogP contribution < -0.4 is 11.1 Å². The van der Waals surface area contributed by atoms with Gasteiger partial charge in [0.2, 0.25) is 0 Å². The van der Waals surface area contributed by atoms with Gasteiger partial charge in [0, 0.05) is 12.2 Å². The van der Waals surface area contributed by atoms with Crippen LogP contribution in [0.5, 0.6) is 0 Å². The highest BCUT2D eigenvalue weighted by Gasteiger charge is 2.16. The number of carbonyl (C=O) groups excluding carboxylic acids is 1. The van der Waals surface area contributed by atoms with E-state index in [-0.39, 0.29) is 0 Å². The average Bonchev–Trinajstić information content (AvgIpc) is 2.27. The molecule has 0 radical (unpaired) electrons. The third-order valence-corrected chi connectivity index (χ3v) is 2.94. The van der Waals surface area contributed by atoms with Gasteiger partial charge in [-0.2, -0.15) is 0 Å². The molecule has 1 aromatic rings. The predicted molar refractivity (Wildman–Crippen MR) is 82.8 cm³/mol. The molecular weight excluding hydrogens is 252 g/mol. The average molecular weight is 278 g/mol. The molecule has 0 spiro atoms. The van der Waals surface area contributed by atoms with Gasteiger partial charge in [-0.15, -0.1) is 0 Å². The second-order valence-corrected chi connectivity index (χ2v) is 6.43. The van der Waals surface area contributed by atoms with Crippen molar-refractivity contribution in [3.63, 3.8) is 0 Å². The number of hydrogen-bond acceptors (Lipinski definition) is 3. The highest BCUT2D eigenvalue weighted by atomic mass is 16.6. The van der Waals surface area contributed by atoms with Crippen LogP contribution in [0.4, 0.5) is 10.5 Å². The monoisotopic (exact) mass is 278 g/mol. The number of nitrogens with one attached hydrogen (secondary N) is 1. The van der Waals surface area contributed by atoms with E-state index in [0.717, 1.165) is 22.4 Å². The van der Waals surface area contributed by atoms with Crippen LogP contribution >= 0.6 is 0 Å². The van der Waals surface area contributed by atoms with E-state index >= 15 is 0 Å². The number of benzene rings is 1. The van der Waals surface area contributed by atoms with Crippen LogP contribution in [0.2, 0.25) is 0 Å². The molecule has 0 aliphatic rings. The Morgan fingerprint density at radius 2 is 1.95 bits per heavy atom. The minimum atomic E-state index is -0.482. The van der Waals surface area contributed by atoms with Crippen LogP contribution in [0, 0.1) is 6.92 Å². The molecule has 112 valence electrons. The van der Waals surface area contributed by atoms with E-state index in [1.807, 2.05) is 39.8 Å². The lowest BCUT2D eigenvalue weighted by Gasteiger charge is -2.20. The molecule has 4 nitrogen and oxygen atoms in total. The first-order chi connectivity index (χ1) is 9.10. The van der Waals surface area contributed by atoms with Crippen LogP contribution in [0.3, 0.4) is 0 Å². The van der Waals surface area contributed by atoms with E-state index < -0.39 is 11.7 Å². The van der Waals surface area contributed by atoms with Gasteiger partial charge in [0.05, 0.1) is 0 Å². The minimum absolute atomic E-state index is 0.357. The van der Waals surface area contributed by atoms with E-state index in [0.29, 0.717) is 12.5 Å². The van der Waals surface area contributed by atoms with Crippen molar-refractivity contribution in [2.24, 2.45) is 0 Å². The maximum absolute atomic E-state index is 11.6. The summed E-state index contributed by atoms with van der Waals surface area (Å²) in [6, 6.07) is 4.04. The molecule has 0 aliphatic carbocycles. The molecule has 1 aromatic carbocycles. The second kappa shape index (κ2) is 6.16. The SMILES string of the molecule is Cc1cc(CNC(=O)OC(C)(C)C)cc(C(C)C)c1N. The molecular formula is C16H26N2O2. The van der Waals surface area contributed by atoms with Crippen LogP contribution in [0.15, 0.2) is 12.1 Å². The van der Waals surface area contributed by atoms with Gasteiger partial charge < -0.3 is 15.8 Å². The first-order valence-electron chi connectivity index (χ1n) is 6.96. The Hall–Kier alpha value is -1.71. The lowest BCUT2D eigenvalue weighted by Crippen LogP contribution is -2.32. The van der Waals surface area contributed by atoms with Gasteiger partial charge in [-0.1, -0.05) is 26.0 Å². The van der Waals surface area contributed by atoms with Crippen molar-refractivity contribution in [3.05, 3.63) is 28.8 Å². The van der Waals surface area contributed by atoms with Crippen molar-refractivity contribution in [1.82, 2.24) is 5.32 Å². The Morgan fingerprint density at radius 1 is 1.35 bits per heavy atom. The van der Waals surface area contributed by atoms with Gasteiger partial charge in [-0.3, -0.25) is 0 Å². The first-order valence-corrected chi connectivity index (χ1v) is 6.96. The number of alkyl carbamates (subject to hydrolysis) is 1. The maximum Gasteiger partial charge on any atom is 0.407 e. The summed E-state index contributed by atoms with van der Waals surface area (Å²) in [6.07, 6.45) is -0.405. The van der Waals surface area contributed by atoms with E-state index in [1.165, 1.54) is 0 Å². The van der Waals surface area contributed by atoms with Crippen molar-refractivity contribution >= 4 is 11.8 Å². The zero-order chi connectivity index (χ0) is 15.5. The maximum atomic E-state index is 11.6. The third kappa shape index (κ3) is 4.76. The smallest absolute Gasteiger partial charge is 0.407 e. The molecule has 1 amide bonds. The third-order valence-electron chi connectivity index (χ3n) is 2.94. The summed E-state index contributed by atoms with van der Waals surface area (Å²) in [4.78, 5) is 11.6. The van der Waals surface area contributed by atoms with Gasteiger partial charge in [0.1, 0.15) is 5.60 Å². The van der Waals surface area contributed by atoms with Crippen molar-refractivity contribution in [2.75, 3.05) is 5.73 Å². The number of amides is 1. The fourth-order valence-electron chi connectivity index (χ4n) is 1.97. The summed E-state index contributed by atoms with van der Waals surface area (Å²) >= 11 is 0. The standard InChI is InChI=1S/C16H26N2O2/c1-10(2)13-8-12(7-11(3)14(13)17)9-18-15(19)20-16(4,5)6/h7-8,10H,9,17H2,1-6H3,(H,18,19). The Bertz CT molecular complexity index is 488. The molecule has 20 heavy (non-hydrogen) atoms. The number of aryl methyl sites for hydroxylation is 1. The molecule has 0 atom stereocenters. The number of nitrogen functional groups attached to an aromatic ring is 1. The van der Waals surface area contributed by atoms with Crippen molar-refractivity contribution in [1.29, 1.82) is 0 Å². The van der Waals surface area contributed by atoms with Crippen molar-refractivity contribution < 1.29 is 9.53 Å². The molecule has 0 saturated carbocycles. The normalized spacial score (nSPS) is 11.6. The predicted octanol–water partition coefficient (Wildman–Crippen LogP) is 3.73. The molecule has 0 bridgehead atoms. The quantitative estimate of drug-likeness (QED) is 0.828. The highest BCUT2D eigenvalue weighted by molar-refractivity contribution is 5.68. The lowest BCUT2D eigenvalue weighted by atomic mass is 9.95. The number of hydrogen-bond donors (Lipinski definition) is 2. The molecule has 3 N–H and O–H groups in total. The summed E-state index contributed by atoms with van der Waals surface area (Å²) in [5.41, 5.74) is 9.62. The van der Waals surface area contributed by atoms with Gasteiger partial charge in [-0.25, -0.2) is 4.79 Å². The largest absolute Gasteiger partial charge is 0.444 e. The Kier molecular flexibility index (Phi) is 5.03. The van der Waals surface area contributed by atoms with Crippen LogP contribution in [0.25, 0.3) is 0 Å². The van der Waals surface area contributed by atoms with E-state index in [9.17, 15) is 4.79 Å². The number of nitrogens with two attached hydrogens (primary N) is 1. The van der Waals surface area contributed by atoms with Crippen LogP contribution in [0.1, 0.15) is 57.2 Å². The fourth-order valence-corrected chi connectivity index (χ4v) is 1.97. The molecule has 4 heteroatoms. The molecule has 1 rings (SSSR count). The first kappa shape index (κ1) is 16.3. The van der Waals surface area contributed by atoms with Crippen LogP contribution in [-0.2, 0) is 11.3 Å². The molecule has 0 saturated heterocycles. The number of carbonyl (C=O) groups is 1. The summed E-state index contributed by atoms with van der Waals surface area (Å²) in [6.45, 7) is 12.2. The summed E-state index contributed by atoms with van der Waals surface area (Å²) in [5.74, 6) is 0.357. The highest BCUT2D eigenvalue weighted by Crippen LogP contribution is 2.26. The fraction of sp³-hybridized carbons (Fsp3) is 0.562. The van der Waals surface area contributed by atoms with Crippen molar-refractivity contribution in [3.8, 4) is 0 Å². The molecule has 0 aromatic heterocycles. The Morgan fingerprint density at radius 3 is 2.45 bits per heavy atom. The zero-order valence-electron chi connectivity index (χ0n) is 13.3. The van der Waals surface area contributed by atoms with Gasteiger partial charge in [0.15, 0.2) is 0 Å². The molecule has 0 unspecified atom stereocenters. The lowest BCUT2D eigenvalue weighted by molar-refractivity contribution is 0.0523. The van der Waals surface area contributed by atoms with E-state index in [1.54, 1.807) is 0 Å². The Balaban J connectivity index is 2.77. The van der Waals surface area contributed by atoms with Gasteiger partial charge in [-0.05, 0) is 50.3 Å². The number of rotatable bonds is 3. The summed E-state index contributed by atoms with van der Waals surface area (Å²) in [7, 11) is 0. The summed E-state index contributed by atoms with van der Waals surface area (Å²) < 4.78 is 5.22. The second-order valence-electron chi connectivity index (χ2n) is 6.43. The molecule has 0 heterocycles. The minimum Gasteiger partial charge on any atom is -0.444 e. The van der Waals surface area contributed by atoms with E-state index in [4.69, 9.17) is 10.5 Å². The van der Waals surface area contributed by atoms with E-state index in [2.05, 4.69) is 19.2 Å². The topological polar surface area (TPSA) is 64.3 Å². The Labute approximate surface area is 121 Å². The zero-order valence-corrected chi connectivity index (χ0v) is 13.3. The molecule has 0 fully saturated rings.